The summed E-state index contributed by atoms with van der Waals surface area (Å²) in [5.74, 6) is -0.216. The lowest BCUT2D eigenvalue weighted by Gasteiger charge is -2.35. The van der Waals surface area contributed by atoms with Gasteiger partial charge in [0.05, 0.1) is 19.2 Å². The zero-order valence-electron chi connectivity index (χ0n) is 21.8. The summed E-state index contributed by atoms with van der Waals surface area (Å²) in [5.41, 5.74) is 1.16. The van der Waals surface area contributed by atoms with Gasteiger partial charge >= 0.3 is 5.97 Å². The lowest BCUT2D eigenvalue weighted by atomic mass is 9.70. The molecule has 0 unspecified atom stereocenters. The van der Waals surface area contributed by atoms with Gasteiger partial charge in [-0.15, -0.1) is 0 Å². The Morgan fingerprint density at radius 2 is 1.66 bits per heavy atom. The fraction of sp³-hybridized carbons (Fsp3) is 0.290. The molecule has 0 radical (unpaired) electrons. The average molecular weight is 508 g/mol. The van der Waals surface area contributed by atoms with Crippen molar-refractivity contribution in [2.75, 3.05) is 7.11 Å². The minimum Gasteiger partial charge on any atom is -0.497 e. The highest BCUT2D eigenvalue weighted by atomic mass is 16.6. The number of aliphatic imine (C=N–C) groups is 1. The van der Waals surface area contributed by atoms with E-state index in [0.717, 1.165) is 16.7 Å². The fourth-order valence-electron chi connectivity index (χ4n) is 5.89. The maximum absolute atomic E-state index is 14.2. The van der Waals surface area contributed by atoms with Crippen LogP contribution in [0.15, 0.2) is 89.0 Å². The van der Waals surface area contributed by atoms with Crippen LogP contribution in [0.5, 0.6) is 5.75 Å². The van der Waals surface area contributed by atoms with Crippen LogP contribution in [0, 0.1) is 5.41 Å². The van der Waals surface area contributed by atoms with Crippen LogP contribution in [-0.4, -0.2) is 47.6 Å². The Morgan fingerprint density at radius 3 is 2.34 bits per heavy atom. The van der Waals surface area contributed by atoms with Gasteiger partial charge in [-0.25, -0.2) is 9.79 Å². The zero-order valence-corrected chi connectivity index (χ0v) is 21.8. The third-order valence-electron chi connectivity index (χ3n) is 7.68. The topological polar surface area (TPSA) is 80.6 Å². The number of carbonyl (C=O) groups is 2. The number of ether oxygens (including phenoxy) is 2. The monoisotopic (exact) mass is 507 g/mol. The molecule has 3 heterocycles. The van der Waals surface area contributed by atoms with Gasteiger partial charge in [-0.05, 0) is 41.0 Å². The van der Waals surface area contributed by atoms with E-state index in [0.29, 0.717) is 11.3 Å². The first-order valence-electron chi connectivity index (χ1n) is 12.7. The quantitative estimate of drug-likeness (QED) is 0.469. The van der Waals surface area contributed by atoms with E-state index >= 15 is 0 Å². The van der Waals surface area contributed by atoms with Crippen LogP contribution in [0.2, 0.25) is 0 Å². The lowest BCUT2D eigenvalue weighted by molar-refractivity contribution is -0.140. The highest BCUT2D eigenvalue weighted by Gasteiger charge is 2.71. The molecule has 0 bridgehead atoms. The second kappa shape index (κ2) is 8.65. The van der Waals surface area contributed by atoms with Gasteiger partial charge < -0.3 is 9.47 Å². The number of hydrazone groups is 1. The van der Waals surface area contributed by atoms with Crippen LogP contribution >= 0.6 is 0 Å². The summed E-state index contributed by atoms with van der Waals surface area (Å²) in [6, 6.07) is 23.4. The molecule has 7 nitrogen and oxygen atoms in total. The van der Waals surface area contributed by atoms with Gasteiger partial charge in [-0.2, -0.15) is 5.10 Å². The molecule has 3 aliphatic rings. The molecule has 3 aromatic rings. The minimum absolute atomic E-state index is 0.0205. The molecule has 7 heteroatoms. The number of fused-ring (bicyclic) bond motifs is 4. The van der Waals surface area contributed by atoms with E-state index in [2.05, 4.69) is 0 Å². The number of rotatable bonds is 4. The van der Waals surface area contributed by atoms with Crippen LogP contribution in [0.3, 0.4) is 0 Å². The van der Waals surface area contributed by atoms with Crippen LogP contribution in [0.4, 0.5) is 0 Å². The van der Waals surface area contributed by atoms with Crippen molar-refractivity contribution in [3.05, 3.63) is 101 Å². The molecule has 0 amide bonds. The second-order valence-electron chi connectivity index (χ2n) is 11.0. The van der Waals surface area contributed by atoms with E-state index in [9.17, 15) is 9.59 Å². The maximum Gasteiger partial charge on any atom is 0.344 e. The van der Waals surface area contributed by atoms with Gasteiger partial charge in [-0.3, -0.25) is 9.80 Å². The third kappa shape index (κ3) is 3.49. The van der Waals surface area contributed by atoms with Crippen LogP contribution in [0.25, 0.3) is 0 Å². The molecule has 3 aliphatic heterocycles. The average Bonchev–Trinajstić information content (AvgIpc) is 3.43. The molecule has 0 N–H and O–H groups in total. The zero-order chi connectivity index (χ0) is 26.7. The highest BCUT2D eigenvalue weighted by molar-refractivity contribution is 6.10. The summed E-state index contributed by atoms with van der Waals surface area (Å²) in [6.45, 7) is 5.69. The number of esters is 1. The summed E-state index contributed by atoms with van der Waals surface area (Å²) in [7, 11) is 1.61. The van der Waals surface area contributed by atoms with Crippen LogP contribution in [-0.2, 0) is 14.3 Å². The largest absolute Gasteiger partial charge is 0.497 e. The van der Waals surface area contributed by atoms with Gasteiger partial charge in [-0.1, -0.05) is 75.4 Å². The first kappa shape index (κ1) is 24.1. The van der Waals surface area contributed by atoms with Crippen molar-refractivity contribution in [1.82, 2.24) is 5.01 Å². The SMILES string of the molecule is COc1ccc([C@H]2[C@H](C(=O)C(C)(C)C)N3N=Cc4ccccc4[C@@H]3[C@]23N=C(c2ccccc2)OC3=O)cc1. The highest BCUT2D eigenvalue weighted by Crippen LogP contribution is 2.59. The molecular formula is C31H29N3O4. The van der Waals surface area contributed by atoms with E-state index in [1.54, 1.807) is 18.3 Å². The number of Topliss-reactive ketones (excluding diaryl/α,β-unsaturated/α-hetero) is 1. The minimum atomic E-state index is -1.43. The van der Waals surface area contributed by atoms with Crippen molar-refractivity contribution in [3.63, 3.8) is 0 Å². The molecule has 3 aromatic carbocycles. The molecular weight excluding hydrogens is 478 g/mol. The molecule has 38 heavy (non-hydrogen) atoms. The third-order valence-corrected chi connectivity index (χ3v) is 7.68. The van der Waals surface area contributed by atoms with Gasteiger partial charge in [0.1, 0.15) is 17.8 Å². The molecule has 0 aromatic heterocycles. The number of hydrogen-bond acceptors (Lipinski definition) is 7. The lowest BCUT2D eigenvalue weighted by Crippen LogP contribution is -2.45. The van der Waals surface area contributed by atoms with Gasteiger partial charge in [0.25, 0.3) is 0 Å². The number of nitrogens with zero attached hydrogens (tertiary/aromatic N) is 3. The predicted octanol–water partition coefficient (Wildman–Crippen LogP) is 4.91. The Labute approximate surface area is 221 Å². The first-order valence-corrected chi connectivity index (χ1v) is 12.7. The predicted molar refractivity (Wildman–Crippen MR) is 144 cm³/mol. The molecule has 4 atom stereocenters. The van der Waals surface area contributed by atoms with Gasteiger partial charge in [0, 0.05) is 11.0 Å². The number of benzene rings is 3. The van der Waals surface area contributed by atoms with Crippen molar-refractivity contribution in [1.29, 1.82) is 0 Å². The Morgan fingerprint density at radius 1 is 0.974 bits per heavy atom. The fourth-order valence-corrected chi connectivity index (χ4v) is 5.89. The summed E-state index contributed by atoms with van der Waals surface area (Å²) in [4.78, 5) is 33.5. The second-order valence-corrected chi connectivity index (χ2v) is 11.0. The summed E-state index contributed by atoms with van der Waals surface area (Å²) >= 11 is 0. The maximum atomic E-state index is 14.2. The number of ketones is 1. The van der Waals surface area contributed by atoms with Crippen molar-refractivity contribution in [2.45, 2.75) is 44.3 Å². The molecule has 0 saturated carbocycles. The van der Waals surface area contributed by atoms with Crippen molar-refractivity contribution in [2.24, 2.45) is 15.5 Å². The number of hydrogen-bond donors (Lipinski definition) is 0. The number of methoxy groups -OCH3 is 1. The molecule has 1 fully saturated rings. The standard InChI is InChI=1S/C31H29N3O4/c1-30(2,3)27(35)25-24(19-14-16-22(37-4)17-15-19)31(26-23-13-9-8-12-21(23)18-32-34(25)26)29(36)38-28(33-31)20-10-6-5-7-11-20/h5-18,24-26H,1-4H3/t24-,25+,26+,31+/m0/s1. The Kier molecular flexibility index (Phi) is 5.49. The van der Waals surface area contributed by atoms with Crippen molar-refractivity contribution < 1.29 is 19.1 Å². The smallest absolute Gasteiger partial charge is 0.344 e. The molecule has 192 valence electrons. The molecule has 1 saturated heterocycles. The van der Waals surface area contributed by atoms with Crippen molar-refractivity contribution in [3.8, 4) is 5.75 Å². The molecule has 0 aliphatic carbocycles. The Bertz CT molecular complexity index is 1470. The molecule has 1 spiro atoms. The van der Waals surface area contributed by atoms with Crippen molar-refractivity contribution >= 4 is 23.9 Å². The van der Waals surface area contributed by atoms with E-state index in [1.807, 2.05) is 99.6 Å². The Hall–Kier alpha value is -4.26. The van der Waals surface area contributed by atoms with E-state index in [1.165, 1.54) is 0 Å². The first-order chi connectivity index (χ1) is 18.3. The summed E-state index contributed by atoms with van der Waals surface area (Å²) in [6.07, 6.45) is 1.76. The van der Waals surface area contributed by atoms with Gasteiger partial charge in [0.2, 0.25) is 5.90 Å². The molecule has 6 rings (SSSR count). The number of carbonyl (C=O) groups excluding carboxylic acids is 2. The van der Waals surface area contributed by atoms with Crippen LogP contribution in [0.1, 0.15) is 55.0 Å². The van der Waals surface area contributed by atoms with E-state index in [-0.39, 0.29) is 11.7 Å². The summed E-state index contributed by atoms with van der Waals surface area (Å²) < 4.78 is 11.4. The Balaban J connectivity index is 1.65. The number of cyclic esters (lactones) is 1. The van der Waals surface area contributed by atoms with E-state index in [4.69, 9.17) is 19.6 Å². The normalized spacial score (nSPS) is 25.6. The van der Waals surface area contributed by atoms with E-state index < -0.39 is 34.9 Å². The summed E-state index contributed by atoms with van der Waals surface area (Å²) in [5, 5.41) is 6.59. The van der Waals surface area contributed by atoms with Crippen LogP contribution < -0.4 is 4.74 Å². The van der Waals surface area contributed by atoms with Gasteiger partial charge in [0.15, 0.2) is 11.3 Å².